The molecule has 3 unspecified atom stereocenters. The SMILES string of the molecule is Brc1ccc(COc2ccc3c(c2)C24CCCCC2C(C3)NCC4)cc1. The zero-order chi connectivity index (χ0) is 17.6. The number of hydrogen-bond acceptors (Lipinski definition) is 2. The first-order valence-corrected chi connectivity index (χ1v) is 10.8. The molecule has 3 atom stereocenters. The summed E-state index contributed by atoms with van der Waals surface area (Å²) in [6, 6.07) is 16.0. The van der Waals surface area contributed by atoms with Crippen molar-refractivity contribution < 1.29 is 4.74 Å². The summed E-state index contributed by atoms with van der Waals surface area (Å²) < 4.78 is 7.29. The summed E-state index contributed by atoms with van der Waals surface area (Å²) in [5.74, 6) is 1.85. The normalized spacial score (nSPS) is 29.6. The third kappa shape index (κ3) is 2.80. The van der Waals surface area contributed by atoms with Crippen LogP contribution in [0, 0.1) is 5.92 Å². The summed E-state index contributed by atoms with van der Waals surface area (Å²) >= 11 is 3.49. The highest BCUT2D eigenvalue weighted by molar-refractivity contribution is 9.10. The molecule has 2 aromatic carbocycles. The average Bonchev–Trinajstić information content (AvgIpc) is 2.68. The maximum atomic E-state index is 6.18. The van der Waals surface area contributed by atoms with Gasteiger partial charge in [0.1, 0.15) is 12.4 Å². The molecule has 2 nitrogen and oxygen atoms in total. The van der Waals surface area contributed by atoms with Gasteiger partial charge in [0.2, 0.25) is 0 Å². The van der Waals surface area contributed by atoms with Gasteiger partial charge in [-0.25, -0.2) is 0 Å². The predicted molar refractivity (Wildman–Crippen MR) is 109 cm³/mol. The van der Waals surface area contributed by atoms with Gasteiger partial charge in [-0.05, 0) is 79.1 Å². The second-order valence-electron chi connectivity index (χ2n) is 8.26. The van der Waals surface area contributed by atoms with Crippen LogP contribution in [0.25, 0.3) is 0 Å². The Morgan fingerprint density at radius 1 is 1.08 bits per heavy atom. The Bertz CT molecular complexity index is 798. The minimum absolute atomic E-state index is 0.402. The Balaban J connectivity index is 1.44. The van der Waals surface area contributed by atoms with Crippen molar-refractivity contribution in [2.45, 2.75) is 56.6 Å². The van der Waals surface area contributed by atoms with Crippen LogP contribution in [0.5, 0.6) is 5.75 Å². The summed E-state index contributed by atoms with van der Waals surface area (Å²) in [6.07, 6.45) is 8.01. The van der Waals surface area contributed by atoms with E-state index in [1.165, 1.54) is 50.6 Å². The molecule has 26 heavy (non-hydrogen) atoms. The molecule has 2 aliphatic carbocycles. The molecule has 1 N–H and O–H groups in total. The molecule has 1 saturated carbocycles. The lowest BCUT2D eigenvalue weighted by molar-refractivity contribution is 0.0794. The van der Waals surface area contributed by atoms with E-state index in [1.807, 2.05) is 0 Å². The molecule has 5 rings (SSSR count). The van der Waals surface area contributed by atoms with Crippen LogP contribution in [0.3, 0.4) is 0 Å². The number of halogens is 1. The fourth-order valence-electron chi connectivity index (χ4n) is 5.74. The molecule has 0 aromatic heterocycles. The van der Waals surface area contributed by atoms with E-state index in [1.54, 1.807) is 11.1 Å². The fraction of sp³-hybridized carbons (Fsp3) is 0.478. The van der Waals surface area contributed by atoms with Crippen LogP contribution < -0.4 is 10.1 Å². The number of benzene rings is 2. The summed E-state index contributed by atoms with van der Waals surface area (Å²) in [4.78, 5) is 0. The van der Waals surface area contributed by atoms with Crippen molar-refractivity contribution in [3.8, 4) is 5.75 Å². The van der Waals surface area contributed by atoms with Crippen molar-refractivity contribution in [3.05, 3.63) is 63.6 Å². The monoisotopic (exact) mass is 411 g/mol. The molecule has 2 fully saturated rings. The molecule has 136 valence electrons. The first kappa shape index (κ1) is 16.8. The van der Waals surface area contributed by atoms with E-state index < -0.39 is 0 Å². The van der Waals surface area contributed by atoms with Crippen LogP contribution in [-0.4, -0.2) is 12.6 Å². The summed E-state index contributed by atoms with van der Waals surface area (Å²) in [5, 5.41) is 3.82. The molecule has 0 radical (unpaired) electrons. The highest BCUT2D eigenvalue weighted by atomic mass is 79.9. The lowest BCUT2D eigenvalue weighted by Gasteiger charge is -2.56. The Morgan fingerprint density at radius 2 is 1.96 bits per heavy atom. The number of ether oxygens (including phenoxy) is 1. The molecule has 2 bridgehead atoms. The largest absolute Gasteiger partial charge is 0.489 e. The van der Waals surface area contributed by atoms with Crippen molar-refractivity contribution in [1.29, 1.82) is 0 Å². The van der Waals surface area contributed by atoms with Crippen molar-refractivity contribution in [3.63, 3.8) is 0 Å². The van der Waals surface area contributed by atoms with Crippen molar-refractivity contribution in [2.75, 3.05) is 6.54 Å². The molecule has 3 aliphatic rings. The predicted octanol–water partition coefficient (Wildman–Crippen LogP) is 5.37. The van der Waals surface area contributed by atoms with Crippen LogP contribution in [0.1, 0.15) is 48.8 Å². The van der Waals surface area contributed by atoms with Gasteiger partial charge in [-0.15, -0.1) is 0 Å². The Kier molecular flexibility index (Phi) is 4.33. The van der Waals surface area contributed by atoms with Gasteiger partial charge in [0, 0.05) is 15.9 Å². The van der Waals surface area contributed by atoms with Gasteiger partial charge in [-0.2, -0.15) is 0 Å². The first-order chi connectivity index (χ1) is 12.7. The number of hydrogen-bond donors (Lipinski definition) is 1. The fourth-order valence-corrected chi connectivity index (χ4v) is 6.00. The van der Waals surface area contributed by atoms with Crippen LogP contribution in [0.4, 0.5) is 0 Å². The van der Waals surface area contributed by atoms with Crippen LogP contribution in [0.15, 0.2) is 46.9 Å². The maximum absolute atomic E-state index is 6.18. The van der Waals surface area contributed by atoms with Gasteiger partial charge < -0.3 is 10.1 Å². The van der Waals surface area contributed by atoms with Crippen LogP contribution in [-0.2, 0) is 18.4 Å². The van der Waals surface area contributed by atoms with E-state index in [0.29, 0.717) is 18.1 Å². The third-order valence-corrected chi connectivity index (χ3v) is 7.47. The Labute approximate surface area is 164 Å². The van der Waals surface area contributed by atoms with Crippen LogP contribution >= 0.6 is 15.9 Å². The highest BCUT2D eigenvalue weighted by Crippen LogP contribution is 2.54. The standard InChI is InChI=1S/C23H26BrNO/c24-18-7-4-16(5-8-18)15-26-19-9-6-17-13-22-20-3-1-2-10-23(20,11-12-25-22)21(17)14-19/h4-9,14,20,22,25H,1-3,10-13,15H2. The van der Waals surface area contributed by atoms with E-state index in [9.17, 15) is 0 Å². The van der Waals surface area contributed by atoms with Gasteiger partial charge in [-0.1, -0.05) is 47.0 Å². The quantitative estimate of drug-likeness (QED) is 0.732. The van der Waals surface area contributed by atoms with Crippen molar-refractivity contribution in [2.24, 2.45) is 5.92 Å². The average molecular weight is 412 g/mol. The van der Waals surface area contributed by atoms with E-state index in [0.717, 1.165) is 16.1 Å². The third-order valence-electron chi connectivity index (χ3n) is 6.94. The number of nitrogens with one attached hydrogen (secondary N) is 1. The highest BCUT2D eigenvalue weighted by Gasteiger charge is 2.51. The zero-order valence-corrected chi connectivity index (χ0v) is 16.7. The minimum atomic E-state index is 0.402. The van der Waals surface area contributed by atoms with E-state index >= 15 is 0 Å². The topological polar surface area (TPSA) is 21.3 Å². The van der Waals surface area contributed by atoms with Gasteiger partial charge in [-0.3, -0.25) is 0 Å². The summed E-state index contributed by atoms with van der Waals surface area (Å²) in [6.45, 7) is 1.80. The second-order valence-corrected chi connectivity index (χ2v) is 9.17. The van der Waals surface area contributed by atoms with Gasteiger partial charge in [0.25, 0.3) is 0 Å². The van der Waals surface area contributed by atoms with Crippen molar-refractivity contribution in [1.82, 2.24) is 5.32 Å². The zero-order valence-electron chi connectivity index (χ0n) is 15.1. The van der Waals surface area contributed by atoms with Gasteiger partial charge in [0.15, 0.2) is 0 Å². The molecule has 1 heterocycles. The Morgan fingerprint density at radius 3 is 2.85 bits per heavy atom. The maximum Gasteiger partial charge on any atom is 0.120 e. The minimum Gasteiger partial charge on any atom is -0.489 e. The molecule has 0 amide bonds. The molecule has 1 aliphatic heterocycles. The summed E-state index contributed by atoms with van der Waals surface area (Å²) in [7, 11) is 0. The van der Waals surface area contributed by atoms with E-state index in [-0.39, 0.29) is 0 Å². The summed E-state index contributed by atoms with van der Waals surface area (Å²) in [5.41, 5.74) is 4.77. The molecule has 1 saturated heterocycles. The molecular formula is C23H26BrNO. The van der Waals surface area contributed by atoms with Gasteiger partial charge >= 0.3 is 0 Å². The van der Waals surface area contributed by atoms with E-state index in [4.69, 9.17) is 4.74 Å². The van der Waals surface area contributed by atoms with Crippen LogP contribution in [0.2, 0.25) is 0 Å². The molecule has 3 heteroatoms. The smallest absolute Gasteiger partial charge is 0.120 e. The molecular weight excluding hydrogens is 386 g/mol. The second kappa shape index (κ2) is 6.69. The number of rotatable bonds is 3. The van der Waals surface area contributed by atoms with E-state index in [2.05, 4.69) is 63.7 Å². The number of fused-ring (bicyclic) bond motifs is 1. The van der Waals surface area contributed by atoms with Crippen molar-refractivity contribution >= 4 is 15.9 Å². The lowest BCUT2D eigenvalue weighted by atomic mass is 9.53. The Hall–Kier alpha value is -1.32. The van der Waals surface area contributed by atoms with Gasteiger partial charge in [0.05, 0.1) is 0 Å². The first-order valence-electron chi connectivity index (χ1n) is 9.99. The number of piperidine rings is 1. The molecule has 0 spiro atoms. The molecule has 2 aromatic rings. The lowest BCUT2D eigenvalue weighted by Crippen LogP contribution is -2.59.